The first-order valence-corrected chi connectivity index (χ1v) is 16.8. The minimum atomic E-state index is -4.13. The Hall–Kier alpha value is -3.47. The fourth-order valence-electron chi connectivity index (χ4n) is 4.58. The number of carbonyl (C=O) groups is 2. The number of hydrogen-bond donors (Lipinski definition) is 1. The first-order valence-electron chi connectivity index (χ1n) is 13.8. The van der Waals surface area contributed by atoms with E-state index in [-0.39, 0.29) is 29.8 Å². The van der Waals surface area contributed by atoms with E-state index < -0.39 is 28.5 Å². The second-order valence-corrected chi connectivity index (χ2v) is 14.0. The van der Waals surface area contributed by atoms with Crippen molar-refractivity contribution in [1.29, 1.82) is 0 Å². The molecule has 1 N–H and O–H groups in total. The third kappa shape index (κ3) is 8.78. The molecule has 0 aromatic heterocycles. The molecule has 0 saturated carbocycles. The molecule has 0 fully saturated rings. The molecule has 4 aromatic rings. The zero-order valence-electron chi connectivity index (χ0n) is 23.9. The van der Waals surface area contributed by atoms with Crippen molar-refractivity contribution >= 4 is 59.4 Å². The number of nitrogens with zero attached hydrogens (tertiary/aromatic N) is 2. The van der Waals surface area contributed by atoms with Crippen LogP contribution in [0.25, 0.3) is 0 Å². The zero-order valence-corrected chi connectivity index (χ0v) is 27.8. The van der Waals surface area contributed by atoms with Crippen LogP contribution in [0.15, 0.2) is 123 Å². The van der Waals surface area contributed by atoms with Gasteiger partial charge in [-0.15, -0.1) is 0 Å². The maximum atomic E-state index is 14.4. The molecule has 0 aliphatic rings. The molecular formula is C33H33Br2N3O4S. The average Bonchev–Trinajstić information content (AvgIpc) is 2.99. The van der Waals surface area contributed by atoms with Gasteiger partial charge in [0.1, 0.15) is 12.6 Å². The first kappa shape index (κ1) is 32.4. The van der Waals surface area contributed by atoms with E-state index in [1.54, 1.807) is 42.5 Å². The van der Waals surface area contributed by atoms with Crippen LogP contribution in [0.1, 0.15) is 25.0 Å². The highest BCUT2D eigenvalue weighted by Crippen LogP contribution is 2.26. The van der Waals surface area contributed by atoms with Gasteiger partial charge in [-0.1, -0.05) is 92.5 Å². The first-order chi connectivity index (χ1) is 20.5. The summed E-state index contributed by atoms with van der Waals surface area (Å²) in [6, 6.07) is 30.6. The molecule has 224 valence electrons. The molecular weight excluding hydrogens is 694 g/mol. The lowest BCUT2D eigenvalue weighted by atomic mass is 10.0. The van der Waals surface area contributed by atoms with E-state index in [9.17, 15) is 18.0 Å². The van der Waals surface area contributed by atoms with Crippen LogP contribution in [0.4, 0.5) is 5.69 Å². The van der Waals surface area contributed by atoms with Gasteiger partial charge in [0.2, 0.25) is 11.8 Å². The number of nitrogens with one attached hydrogen (secondary N) is 1. The quantitative estimate of drug-likeness (QED) is 0.179. The predicted octanol–water partition coefficient (Wildman–Crippen LogP) is 6.57. The average molecular weight is 728 g/mol. The van der Waals surface area contributed by atoms with Gasteiger partial charge in [-0.3, -0.25) is 13.9 Å². The van der Waals surface area contributed by atoms with Crippen molar-refractivity contribution < 1.29 is 18.0 Å². The largest absolute Gasteiger partial charge is 0.352 e. The van der Waals surface area contributed by atoms with Crippen molar-refractivity contribution in [1.82, 2.24) is 10.2 Å². The summed E-state index contributed by atoms with van der Waals surface area (Å²) in [5.74, 6) is -0.824. The van der Waals surface area contributed by atoms with Crippen molar-refractivity contribution in [2.24, 2.45) is 0 Å². The Morgan fingerprint density at radius 2 is 1.28 bits per heavy atom. The number of hydrogen-bond acceptors (Lipinski definition) is 4. The summed E-state index contributed by atoms with van der Waals surface area (Å²) in [6.45, 7) is 3.32. The molecule has 0 radical (unpaired) electrons. The highest BCUT2D eigenvalue weighted by molar-refractivity contribution is 9.10. The lowest BCUT2D eigenvalue weighted by molar-refractivity contribution is -0.140. The van der Waals surface area contributed by atoms with Crippen LogP contribution >= 0.6 is 31.9 Å². The fraction of sp³-hybridized carbons (Fsp3) is 0.212. The summed E-state index contributed by atoms with van der Waals surface area (Å²) < 4.78 is 30.7. The molecule has 1 atom stereocenters. The Labute approximate surface area is 270 Å². The van der Waals surface area contributed by atoms with Gasteiger partial charge in [0.15, 0.2) is 0 Å². The fourth-order valence-corrected chi connectivity index (χ4v) is 6.54. The molecule has 4 rings (SSSR count). The summed E-state index contributed by atoms with van der Waals surface area (Å²) in [4.78, 5) is 29.6. The van der Waals surface area contributed by atoms with Crippen molar-refractivity contribution in [2.45, 2.75) is 43.8 Å². The number of rotatable bonds is 12. The predicted molar refractivity (Wildman–Crippen MR) is 177 cm³/mol. The molecule has 43 heavy (non-hydrogen) atoms. The van der Waals surface area contributed by atoms with Gasteiger partial charge in [-0.25, -0.2) is 8.42 Å². The summed E-state index contributed by atoms with van der Waals surface area (Å²) >= 11 is 6.85. The number of sulfonamides is 1. The van der Waals surface area contributed by atoms with Gasteiger partial charge >= 0.3 is 0 Å². The highest BCUT2D eigenvalue weighted by atomic mass is 79.9. The molecule has 0 unspecified atom stereocenters. The van der Waals surface area contributed by atoms with Crippen LogP contribution in [0, 0.1) is 0 Å². The molecule has 10 heteroatoms. The van der Waals surface area contributed by atoms with Crippen LogP contribution < -0.4 is 9.62 Å². The van der Waals surface area contributed by atoms with E-state index in [1.807, 2.05) is 68.4 Å². The third-order valence-electron chi connectivity index (χ3n) is 6.69. The van der Waals surface area contributed by atoms with Crippen LogP contribution in [0.2, 0.25) is 0 Å². The van der Waals surface area contributed by atoms with E-state index in [0.717, 1.165) is 24.4 Å². The SMILES string of the molecule is CC(C)NC(=O)[C@@H](Cc1ccccc1)N(Cc1ccc(Br)cc1)C(=O)CN(c1ccc(Br)cc1)S(=O)(=O)c1ccccc1. The van der Waals surface area contributed by atoms with Gasteiger partial charge in [-0.05, 0) is 73.5 Å². The smallest absolute Gasteiger partial charge is 0.264 e. The molecule has 0 spiro atoms. The Bertz CT molecular complexity index is 1620. The number of carbonyl (C=O) groups excluding carboxylic acids is 2. The maximum absolute atomic E-state index is 14.4. The summed E-state index contributed by atoms with van der Waals surface area (Å²) in [7, 11) is -4.13. The van der Waals surface area contributed by atoms with E-state index >= 15 is 0 Å². The molecule has 4 aromatic carbocycles. The number of amides is 2. The monoisotopic (exact) mass is 725 g/mol. The van der Waals surface area contributed by atoms with Gasteiger partial charge in [0.05, 0.1) is 10.6 Å². The summed E-state index contributed by atoms with van der Waals surface area (Å²) in [5.41, 5.74) is 2.00. The molecule has 0 heterocycles. The maximum Gasteiger partial charge on any atom is 0.264 e. The van der Waals surface area contributed by atoms with Crippen LogP contribution in [-0.4, -0.2) is 43.8 Å². The normalized spacial score (nSPS) is 12.0. The van der Waals surface area contributed by atoms with E-state index in [2.05, 4.69) is 37.2 Å². The van der Waals surface area contributed by atoms with Gasteiger partial charge in [0.25, 0.3) is 10.0 Å². The van der Waals surface area contributed by atoms with Crippen molar-refractivity contribution in [3.63, 3.8) is 0 Å². The third-order valence-corrected chi connectivity index (χ3v) is 9.54. The van der Waals surface area contributed by atoms with Crippen LogP contribution in [0.5, 0.6) is 0 Å². The van der Waals surface area contributed by atoms with E-state index in [4.69, 9.17) is 0 Å². The second-order valence-electron chi connectivity index (χ2n) is 10.3. The minimum absolute atomic E-state index is 0.0589. The Morgan fingerprint density at radius 3 is 1.84 bits per heavy atom. The van der Waals surface area contributed by atoms with Gasteiger partial charge in [-0.2, -0.15) is 0 Å². The van der Waals surface area contributed by atoms with Crippen molar-refractivity contribution in [3.05, 3.63) is 129 Å². The standard InChI is InChI=1S/C33H33Br2N3O4S/c1-24(2)36-33(40)31(21-25-9-5-3-6-10-25)37(22-26-13-15-27(34)16-14-26)32(39)23-38(29-19-17-28(35)18-20-29)43(41,42)30-11-7-4-8-12-30/h3-20,24,31H,21-23H2,1-2H3,(H,36,40)/t31-/m1/s1. The molecule has 0 bridgehead atoms. The Morgan fingerprint density at radius 1 is 0.744 bits per heavy atom. The highest BCUT2D eigenvalue weighted by Gasteiger charge is 2.34. The van der Waals surface area contributed by atoms with Crippen molar-refractivity contribution in [2.75, 3.05) is 10.8 Å². The molecule has 2 amide bonds. The van der Waals surface area contributed by atoms with Gasteiger partial charge < -0.3 is 10.2 Å². The Kier molecular flexibility index (Phi) is 11.2. The van der Waals surface area contributed by atoms with Crippen LogP contribution in [0.3, 0.4) is 0 Å². The lowest BCUT2D eigenvalue weighted by Crippen LogP contribution is -2.54. The summed E-state index contributed by atoms with van der Waals surface area (Å²) in [6.07, 6.45) is 0.255. The molecule has 0 aliphatic carbocycles. The molecule has 7 nitrogen and oxygen atoms in total. The van der Waals surface area contributed by atoms with E-state index in [0.29, 0.717) is 5.69 Å². The Balaban J connectivity index is 1.79. The lowest BCUT2D eigenvalue weighted by Gasteiger charge is -2.34. The number of benzene rings is 4. The molecule has 0 aliphatic heterocycles. The topological polar surface area (TPSA) is 86.8 Å². The van der Waals surface area contributed by atoms with Gasteiger partial charge in [0, 0.05) is 28.0 Å². The number of anilines is 1. The zero-order chi connectivity index (χ0) is 31.0. The van der Waals surface area contributed by atoms with Crippen molar-refractivity contribution in [3.8, 4) is 0 Å². The van der Waals surface area contributed by atoms with Crippen LogP contribution in [-0.2, 0) is 32.6 Å². The molecule has 0 saturated heterocycles. The number of halogens is 2. The minimum Gasteiger partial charge on any atom is -0.352 e. The summed E-state index contributed by atoms with van der Waals surface area (Å²) in [5, 5.41) is 2.96. The van der Waals surface area contributed by atoms with E-state index in [1.165, 1.54) is 17.0 Å². The second kappa shape index (κ2) is 14.8.